The molecule has 3 heteroatoms. The van der Waals surface area contributed by atoms with Crippen LogP contribution >= 0.6 is 0 Å². The van der Waals surface area contributed by atoms with Crippen LogP contribution in [0.2, 0.25) is 0 Å². The van der Waals surface area contributed by atoms with Crippen LogP contribution in [0.15, 0.2) is 152 Å². The Morgan fingerprint density at radius 2 is 1.00 bits per heavy atom. The van der Waals surface area contributed by atoms with Crippen molar-refractivity contribution in [1.29, 1.82) is 0 Å². The van der Waals surface area contributed by atoms with E-state index in [1.54, 1.807) is 0 Å². The van der Waals surface area contributed by atoms with Gasteiger partial charge in [-0.05, 0) is 53.2 Å². The second-order valence-electron chi connectivity index (χ2n) is 11.2. The zero-order valence-electron chi connectivity index (χ0n) is 23.8. The number of para-hydroxylation sites is 4. The van der Waals surface area contributed by atoms with Gasteiger partial charge in [0, 0.05) is 28.4 Å². The molecule has 0 spiro atoms. The number of benzene rings is 6. The molecule has 6 aromatic carbocycles. The lowest BCUT2D eigenvalue weighted by Gasteiger charge is -2.40. The molecule has 42 heavy (non-hydrogen) atoms. The van der Waals surface area contributed by atoms with Crippen molar-refractivity contribution >= 4 is 57.4 Å². The molecular weight excluding hydrogens is 525 g/mol. The normalized spacial score (nSPS) is 14.5. The first-order valence-electron chi connectivity index (χ1n) is 14.6. The second kappa shape index (κ2) is 9.54. The third kappa shape index (κ3) is 3.35. The van der Waals surface area contributed by atoms with Gasteiger partial charge in [-0.25, -0.2) is 0 Å². The first-order chi connectivity index (χ1) is 20.7. The number of rotatable bonds is 3. The maximum Gasteiger partial charge on any atom is 0.264 e. The summed E-state index contributed by atoms with van der Waals surface area (Å²) >= 11 is 0. The third-order valence-corrected chi connectivity index (χ3v) is 13.9. The maximum absolute atomic E-state index is 2.71. The molecule has 6 aromatic rings. The van der Waals surface area contributed by atoms with E-state index in [2.05, 4.69) is 175 Å². The number of anilines is 2. The number of amidine groups is 1. The summed E-state index contributed by atoms with van der Waals surface area (Å²) in [6.45, 7) is 4.56. The quantitative estimate of drug-likeness (QED) is 0.173. The fraction of sp³-hybridized carbons (Fsp3) is 0.0513. The van der Waals surface area contributed by atoms with Crippen molar-refractivity contribution in [3.05, 3.63) is 157 Å². The molecule has 0 amide bonds. The molecule has 0 fully saturated rings. The largest absolute Gasteiger partial charge is 0.264 e. The molecule has 0 unspecified atom stereocenters. The lowest BCUT2D eigenvalue weighted by molar-refractivity contribution is 1.05. The average Bonchev–Trinajstić information content (AvgIpc) is 3.16. The molecule has 0 saturated carbocycles. The number of fused-ring (bicyclic) bond motifs is 4. The maximum atomic E-state index is 2.57. The molecule has 0 aromatic heterocycles. The van der Waals surface area contributed by atoms with Crippen LogP contribution in [0.1, 0.15) is 12.5 Å². The highest BCUT2D eigenvalue weighted by Gasteiger charge is 2.52. The molecule has 0 radical (unpaired) electrons. The number of aryl methyl sites for hydroxylation is 1. The van der Waals surface area contributed by atoms with Crippen LogP contribution in [0, 0.1) is 6.92 Å². The number of hydrogen-bond acceptors (Lipinski definition) is 1. The van der Waals surface area contributed by atoms with Gasteiger partial charge in [-0.3, -0.25) is 0 Å². The Hall–Kier alpha value is -4.99. The van der Waals surface area contributed by atoms with Gasteiger partial charge in [0.15, 0.2) is 8.07 Å². The van der Waals surface area contributed by atoms with E-state index in [0.717, 1.165) is 5.69 Å². The van der Waals surface area contributed by atoms with E-state index in [9.17, 15) is 0 Å². The smallest absolute Gasteiger partial charge is 0.196 e. The van der Waals surface area contributed by atoms with E-state index in [4.69, 9.17) is 0 Å². The topological polar surface area (TPSA) is 6.25 Å². The predicted molar refractivity (Wildman–Crippen MR) is 181 cm³/mol. The van der Waals surface area contributed by atoms with E-state index < -0.39 is 8.07 Å². The Kier molecular flexibility index (Phi) is 5.63. The van der Waals surface area contributed by atoms with Crippen molar-refractivity contribution < 1.29 is 0 Å². The van der Waals surface area contributed by atoms with Crippen LogP contribution in [0.5, 0.6) is 0 Å². The van der Waals surface area contributed by atoms with Crippen LogP contribution in [0.25, 0.3) is 11.1 Å². The zero-order chi connectivity index (χ0) is 28.3. The molecule has 0 bridgehead atoms. The van der Waals surface area contributed by atoms with Crippen molar-refractivity contribution in [1.82, 2.24) is 4.58 Å². The van der Waals surface area contributed by atoms with Gasteiger partial charge < -0.3 is 0 Å². The van der Waals surface area contributed by atoms with Crippen LogP contribution in [-0.2, 0) is 0 Å². The highest BCUT2D eigenvalue weighted by molar-refractivity contribution is 7.21. The van der Waals surface area contributed by atoms with Crippen molar-refractivity contribution in [2.24, 2.45) is 0 Å². The molecule has 0 N–H and O–H groups in total. The molecule has 2 nitrogen and oxygen atoms in total. The van der Waals surface area contributed by atoms with Crippen LogP contribution in [0.4, 0.5) is 22.7 Å². The summed E-state index contributed by atoms with van der Waals surface area (Å²) in [7, 11) is -2.71. The minimum Gasteiger partial charge on any atom is -0.196 e. The average molecular weight is 556 g/mol. The molecule has 200 valence electrons. The summed E-state index contributed by atoms with van der Waals surface area (Å²) in [6.07, 6.45) is 0. The molecule has 2 aliphatic heterocycles. The van der Waals surface area contributed by atoms with Gasteiger partial charge in [0.2, 0.25) is 0 Å². The Labute approximate surface area is 248 Å². The van der Waals surface area contributed by atoms with E-state index in [1.807, 2.05) is 0 Å². The van der Waals surface area contributed by atoms with Crippen LogP contribution < -0.4 is 30.2 Å². The third-order valence-electron chi connectivity index (χ3n) is 9.04. The van der Waals surface area contributed by atoms with Gasteiger partial charge >= 0.3 is 0 Å². The van der Waals surface area contributed by atoms with Crippen LogP contribution in [-0.4, -0.2) is 13.9 Å². The Bertz CT molecular complexity index is 1960. The van der Waals surface area contributed by atoms with E-state index in [-0.39, 0.29) is 0 Å². The molecule has 2 heterocycles. The lowest BCUT2D eigenvalue weighted by Crippen LogP contribution is -2.77. The summed E-state index contributed by atoms with van der Waals surface area (Å²) < 4.78 is 2.57. The molecule has 0 atom stereocenters. The SMILES string of the molecule is CC1=[N+]2c3c(C)cccc3[Si](c3ccccc3)(c3ccccc3)c3cccc(c32)-c2ccccc2N1c1ccccc1. The Morgan fingerprint density at radius 1 is 0.476 bits per heavy atom. The highest BCUT2D eigenvalue weighted by atomic mass is 28.3. The standard InChI is InChI=1S/C39H31N2Si/c1-28-16-14-26-36-38(28)41-29(2)40(30-17-6-3-7-18-30)35-25-13-12-23-33(35)34-24-15-27-37(39(34)41)42(36,31-19-8-4-9-20-31)32-21-10-5-11-22-32/h3-27H,1-2H3/q+1. The van der Waals surface area contributed by atoms with E-state index in [1.165, 1.54) is 60.3 Å². The summed E-state index contributed by atoms with van der Waals surface area (Å²) in [5.74, 6) is 1.18. The minimum atomic E-state index is -2.71. The first kappa shape index (κ1) is 24.8. The fourth-order valence-electron chi connectivity index (χ4n) is 7.38. The molecule has 0 saturated heterocycles. The zero-order valence-corrected chi connectivity index (χ0v) is 24.8. The molecular formula is C39H31N2Si+. The monoisotopic (exact) mass is 555 g/mol. The van der Waals surface area contributed by atoms with Crippen molar-refractivity contribution in [3.63, 3.8) is 0 Å². The van der Waals surface area contributed by atoms with Gasteiger partial charge in [-0.15, -0.1) is 0 Å². The van der Waals surface area contributed by atoms with Crippen molar-refractivity contribution in [3.8, 4) is 11.1 Å². The number of hydrogen-bond donors (Lipinski definition) is 0. The first-order valence-corrected chi connectivity index (χ1v) is 16.6. The lowest BCUT2D eigenvalue weighted by atomic mass is 10.0. The fourth-order valence-corrected chi connectivity index (χ4v) is 12.6. The molecule has 2 aliphatic rings. The highest BCUT2D eigenvalue weighted by Crippen LogP contribution is 2.45. The van der Waals surface area contributed by atoms with Crippen molar-refractivity contribution in [2.75, 3.05) is 4.90 Å². The molecule has 8 rings (SSSR count). The van der Waals surface area contributed by atoms with Gasteiger partial charge in [0.25, 0.3) is 5.84 Å². The second-order valence-corrected chi connectivity index (χ2v) is 15.0. The van der Waals surface area contributed by atoms with Crippen molar-refractivity contribution in [2.45, 2.75) is 13.8 Å². The van der Waals surface area contributed by atoms with Gasteiger partial charge in [-0.1, -0.05) is 121 Å². The van der Waals surface area contributed by atoms with E-state index >= 15 is 0 Å². The molecule has 0 aliphatic carbocycles. The predicted octanol–water partition coefficient (Wildman–Crippen LogP) is 6.76. The van der Waals surface area contributed by atoms with Gasteiger partial charge in [0.05, 0.1) is 0 Å². The summed E-state index contributed by atoms with van der Waals surface area (Å²) in [6, 6.07) is 56.2. The Balaban J connectivity index is 1.62. The van der Waals surface area contributed by atoms with E-state index in [0.29, 0.717) is 0 Å². The summed E-state index contributed by atoms with van der Waals surface area (Å²) in [4.78, 5) is 2.44. The Morgan fingerprint density at radius 3 is 1.67 bits per heavy atom. The summed E-state index contributed by atoms with van der Waals surface area (Å²) in [5.41, 5.74) is 8.79. The minimum absolute atomic E-state index is 1.16. The number of nitrogens with zero attached hydrogens (tertiary/aromatic N) is 2. The summed E-state index contributed by atoms with van der Waals surface area (Å²) in [5, 5.41) is 5.68. The van der Waals surface area contributed by atoms with Gasteiger partial charge in [-0.2, -0.15) is 9.48 Å². The van der Waals surface area contributed by atoms with Gasteiger partial charge in [0.1, 0.15) is 22.7 Å². The van der Waals surface area contributed by atoms with Crippen LogP contribution in [0.3, 0.4) is 0 Å².